The molecule has 130 valence electrons. The van der Waals surface area contributed by atoms with Crippen LogP contribution in [0.4, 0.5) is 4.39 Å². The standard InChI is InChI=1S/C19H19FN2O3/c1-21-18(24)13-3-2-4-14(9-13)19(25)22-11-16(23)10-17(22)12-5-7-15(20)8-6-12/h2-9,16-17,23H,10-11H2,1H3,(H,21,24)/t16-,17-/m1/s1. The number of carbonyl (C=O) groups excluding carboxylic acids is 2. The molecule has 0 saturated carbocycles. The van der Waals surface area contributed by atoms with E-state index in [9.17, 15) is 19.1 Å². The molecule has 0 aliphatic carbocycles. The maximum atomic E-state index is 13.2. The summed E-state index contributed by atoms with van der Waals surface area (Å²) in [5, 5.41) is 12.6. The summed E-state index contributed by atoms with van der Waals surface area (Å²) in [5.74, 6) is -0.888. The number of aliphatic hydroxyl groups is 1. The van der Waals surface area contributed by atoms with Crippen LogP contribution in [0.5, 0.6) is 0 Å². The predicted octanol–water partition coefficient (Wildman–Crippen LogP) is 2.13. The normalized spacial score (nSPS) is 19.7. The third-order valence-corrected chi connectivity index (χ3v) is 4.39. The number of hydrogen-bond donors (Lipinski definition) is 2. The van der Waals surface area contributed by atoms with Crippen molar-refractivity contribution in [1.29, 1.82) is 0 Å². The number of benzene rings is 2. The van der Waals surface area contributed by atoms with Crippen molar-refractivity contribution in [3.8, 4) is 0 Å². The Morgan fingerprint density at radius 1 is 1.16 bits per heavy atom. The Morgan fingerprint density at radius 3 is 2.52 bits per heavy atom. The molecule has 1 saturated heterocycles. The zero-order chi connectivity index (χ0) is 18.0. The van der Waals surface area contributed by atoms with E-state index in [1.807, 2.05) is 0 Å². The van der Waals surface area contributed by atoms with E-state index in [4.69, 9.17) is 0 Å². The number of halogens is 1. The van der Waals surface area contributed by atoms with Crippen molar-refractivity contribution in [2.24, 2.45) is 0 Å². The molecule has 2 atom stereocenters. The Balaban J connectivity index is 1.89. The first-order valence-corrected chi connectivity index (χ1v) is 8.06. The first-order valence-electron chi connectivity index (χ1n) is 8.06. The number of nitrogens with one attached hydrogen (secondary N) is 1. The van der Waals surface area contributed by atoms with Gasteiger partial charge in [0.25, 0.3) is 11.8 Å². The van der Waals surface area contributed by atoms with Gasteiger partial charge in [0.1, 0.15) is 5.82 Å². The van der Waals surface area contributed by atoms with E-state index >= 15 is 0 Å². The van der Waals surface area contributed by atoms with Crippen LogP contribution in [-0.4, -0.2) is 41.5 Å². The molecule has 0 radical (unpaired) electrons. The first kappa shape index (κ1) is 17.1. The molecule has 1 heterocycles. The lowest BCUT2D eigenvalue weighted by Crippen LogP contribution is -2.32. The highest BCUT2D eigenvalue weighted by molar-refractivity contribution is 5.99. The van der Waals surface area contributed by atoms with Gasteiger partial charge in [-0.15, -0.1) is 0 Å². The Kier molecular flexibility index (Phi) is 4.81. The summed E-state index contributed by atoms with van der Waals surface area (Å²) in [6.07, 6.45) is -0.242. The lowest BCUT2D eigenvalue weighted by molar-refractivity contribution is 0.0716. The minimum Gasteiger partial charge on any atom is -0.391 e. The SMILES string of the molecule is CNC(=O)c1cccc(C(=O)N2C[C@H](O)C[C@@H]2c2ccc(F)cc2)c1. The van der Waals surface area contributed by atoms with Gasteiger partial charge in [-0.25, -0.2) is 4.39 Å². The van der Waals surface area contributed by atoms with Gasteiger partial charge >= 0.3 is 0 Å². The average Bonchev–Trinajstić information content (AvgIpc) is 3.02. The Bertz CT molecular complexity index is 792. The molecule has 3 rings (SSSR count). The maximum absolute atomic E-state index is 13.2. The minimum absolute atomic E-state index is 0.199. The molecule has 2 N–H and O–H groups in total. The summed E-state index contributed by atoms with van der Waals surface area (Å²) in [5.41, 5.74) is 1.54. The van der Waals surface area contributed by atoms with Crippen molar-refractivity contribution >= 4 is 11.8 Å². The second-order valence-electron chi connectivity index (χ2n) is 6.07. The fraction of sp³-hybridized carbons (Fsp3) is 0.263. The van der Waals surface area contributed by atoms with E-state index in [0.29, 0.717) is 17.5 Å². The topological polar surface area (TPSA) is 69.6 Å². The zero-order valence-corrected chi connectivity index (χ0v) is 13.8. The molecule has 0 bridgehead atoms. The zero-order valence-electron chi connectivity index (χ0n) is 13.8. The molecular formula is C19H19FN2O3. The van der Waals surface area contributed by atoms with Gasteiger partial charge in [0.05, 0.1) is 12.1 Å². The number of rotatable bonds is 3. The van der Waals surface area contributed by atoms with Gasteiger partial charge in [0.2, 0.25) is 0 Å². The second-order valence-corrected chi connectivity index (χ2v) is 6.07. The summed E-state index contributed by atoms with van der Waals surface area (Å²) in [6.45, 7) is 0.199. The molecule has 25 heavy (non-hydrogen) atoms. The number of likely N-dealkylation sites (tertiary alicyclic amines) is 1. The fourth-order valence-electron chi connectivity index (χ4n) is 3.14. The third kappa shape index (κ3) is 3.53. The van der Waals surface area contributed by atoms with Gasteiger partial charge in [-0.3, -0.25) is 9.59 Å². The van der Waals surface area contributed by atoms with Crippen LogP contribution in [0, 0.1) is 5.82 Å². The average molecular weight is 342 g/mol. The number of amides is 2. The van der Waals surface area contributed by atoms with Crippen LogP contribution in [-0.2, 0) is 0 Å². The van der Waals surface area contributed by atoms with E-state index < -0.39 is 6.10 Å². The highest BCUT2D eigenvalue weighted by Gasteiger charge is 2.35. The third-order valence-electron chi connectivity index (χ3n) is 4.39. The van der Waals surface area contributed by atoms with Crippen molar-refractivity contribution < 1.29 is 19.1 Å². The summed E-state index contributed by atoms with van der Waals surface area (Å²) < 4.78 is 13.2. The van der Waals surface area contributed by atoms with Crippen molar-refractivity contribution in [1.82, 2.24) is 10.2 Å². The molecule has 5 nitrogen and oxygen atoms in total. The number of β-amino-alcohol motifs (C(OH)–C–C–N with tert-alkyl or cyclic N) is 1. The van der Waals surface area contributed by atoms with E-state index in [-0.39, 0.29) is 30.2 Å². The molecular weight excluding hydrogens is 323 g/mol. The molecule has 2 aromatic carbocycles. The Hall–Kier alpha value is -2.73. The molecule has 6 heteroatoms. The second kappa shape index (κ2) is 7.03. The molecule has 0 spiro atoms. The first-order chi connectivity index (χ1) is 12.0. The van der Waals surface area contributed by atoms with Crippen molar-refractivity contribution in [2.75, 3.05) is 13.6 Å². The maximum Gasteiger partial charge on any atom is 0.254 e. The van der Waals surface area contributed by atoms with Crippen LogP contribution in [0.2, 0.25) is 0 Å². The van der Waals surface area contributed by atoms with E-state index in [1.54, 1.807) is 35.2 Å². The summed E-state index contributed by atoms with van der Waals surface area (Å²) >= 11 is 0. The van der Waals surface area contributed by atoms with Crippen LogP contribution in [0.25, 0.3) is 0 Å². The monoisotopic (exact) mass is 342 g/mol. The van der Waals surface area contributed by atoms with Crippen LogP contribution >= 0.6 is 0 Å². The van der Waals surface area contributed by atoms with E-state index in [2.05, 4.69) is 5.32 Å². The van der Waals surface area contributed by atoms with E-state index in [0.717, 1.165) is 5.56 Å². The fourth-order valence-corrected chi connectivity index (χ4v) is 3.14. The smallest absolute Gasteiger partial charge is 0.254 e. The summed E-state index contributed by atoms with van der Waals surface area (Å²) in [6, 6.07) is 12.1. The van der Waals surface area contributed by atoms with Gasteiger partial charge in [-0.05, 0) is 42.3 Å². The quantitative estimate of drug-likeness (QED) is 0.898. The number of aliphatic hydroxyl groups excluding tert-OH is 1. The van der Waals surface area contributed by atoms with Crippen LogP contribution < -0.4 is 5.32 Å². The predicted molar refractivity (Wildman–Crippen MR) is 90.6 cm³/mol. The van der Waals surface area contributed by atoms with Gasteiger partial charge < -0.3 is 15.3 Å². The number of nitrogens with zero attached hydrogens (tertiary/aromatic N) is 1. The molecule has 0 aromatic heterocycles. The minimum atomic E-state index is -0.638. The van der Waals surface area contributed by atoms with Crippen LogP contribution in [0.1, 0.15) is 38.7 Å². The molecule has 1 aliphatic heterocycles. The Morgan fingerprint density at radius 2 is 1.84 bits per heavy atom. The van der Waals surface area contributed by atoms with E-state index in [1.165, 1.54) is 25.2 Å². The highest BCUT2D eigenvalue weighted by Crippen LogP contribution is 2.33. The molecule has 0 unspecified atom stereocenters. The molecule has 2 amide bonds. The number of hydrogen-bond acceptors (Lipinski definition) is 3. The molecule has 2 aromatic rings. The lowest BCUT2D eigenvalue weighted by atomic mass is 10.0. The largest absolute Gasteiger partial charge is 0.391 e. The highest BCUT2D eigenvalue weighted by atomic mass is 19.1. The molecule has 1 fully saturated rings. The van der Waals surface area contributed by atoms with Gasteiger partial charge in [0, 0.05) is 24.7 Å². The van der Waals surface area contributed by atoms with Crippen molar-refractivity contribution in [3.63, 3.8) is 0 Å². The molecule has 1 aliphatic rings. The lowest BCUT2D eigenvalue weighted by Gasteiger charge is -2.25. The van der Waals surface area contributed by atoms with Crippen LogP contribution in [0.15, 0.2) is 48.5 Å². The Labute approximate surface area is 145 Å². The van der Waals surface area contributed by atoms with Gasteiger partial charge in [0.15, 0.2) is 0 Å². The number of carbonyl (C=O) groups is 2. The summed E-state index contributed by atoms with van der Waals surface area (Å²) in [4.78, 5) is 26.3. The van der Waals surface area contributed by atoms with Crippen molar-refractivity contribution in [2.45, 2.75) is 18.6 Å². The summed E-state index contributed by atoms with van der Waals surface area (Å²) in [7, 11) is 1.53. The van der Waals surface area contributed by atoms with Gasteiger partial charge in [-0.2, -0.15) is 0 Å². The van der Waals surface area contributed by atoms with Gasteiger partial charge in [-0.1, -0.05) is 18.2 Å². The van der Waals surface area contributed by atoms with Crippen LogP contribution in [0.3, 0.4) is 0 Å². The van der Waals surface area contributed by atoms with Crippen molar-refractivity contribution in [3.05, 3.63) is 71.0 Å².